The van der Waals surface area contributed by atoms with E-state index in [1.165, 1.54) is 10.4 Å². The lowest BCUT2D eigenvalue weighted by molar-refractivity contribution is 0.572. The minimum absolute atomic E-state index is 0. The average Bonchev–Trinajstić information content (AvgIpc) is 3.29. The molecule has 0 aliphatic rings. The van der Waals surface area contributed by atoms with Crippen molar-refractivity contribution in [1.82, 2.24) is 20.6 Å². The zero-order valence-electron chi connectivity index (χ0n) is 18.0. The Morgan fingerprint density at radius 1 is 1.07 bits per heavy atom. The van der Waals surface area contributed by atoms with E-state index in [0.29, 0.717) is 12.4 Å². The Kier molecular flexibility index (Phi) is 9.77. The van der Waals surface area contributed by atoms with Crippen molar-refractivity contribution in [2.45, 2.75) is 40.5 Å². The molecule has 2 N–H and O–H groups in total. The second kappa shape index (κ2) is 12.0. The van der Waals surface area contributed by atoms with Crippen LogP contribution in [0.15, 0.2) is 39.9 Å². The van der Waals surface area contributed by atoms with Crippen LogP contribution in [-0.2, 0) is 12.8 Å². The van der Waals surface area contributed by atoms with Crippen LogP contribution >= 0.6 is 35.3 Å². The first-order chi connectivity index (χ1) is 14.0. The fourth-order valence-electron chi connectivity index (χ4n) is 2.81. The lowest BCUT2D eigenvalue weighted by Gasteiger charge is -2.10. The highest BCUT2D eigenvalue weighted by Gasteiger charge is 2.07. The fraction of sp³-hybridized carbons (Fsp3) is 0.409. The number of rotatable bonds is 8. The van der Waals surface area contributed by atoms with Crippen molar-refractivity contribution in [2.24, 2.45) is 4.99 Å². The van der Waals surface area contributed by atoms with Gasteiger partial charge >= 0.3 is 0 Å². The number of halogens is 1. The van der Waals surface area contributed by atoms with Gasteiger partial charge in [-0.3, -0.25) is 4.99 Å². The molecule has 0 spiro atoms. The molecule has 0 fully saturated rings. The number of nitrogens with one attached hydrogen (secondary N) is 2. The molecule has 2 aromatic heterocycles. The van der Waals surface area contributed by atoms with Crippen LogP contribution in [0.3, 0.4) is 0 Å². The van der Waals surface area contributed by atoms with Gasteiger partial charge in [0.1, 0.15) is 6.26 Å². The van der Waals surface area contributed by atoms with Gasteiger partial charge in [0.25, 0.3) is 0 Å². The van der Waals surface area contributed by atoms with Crippen LogP contribution in [0, 0.1) is 20.8 Å². The number of oxazole rings is 1. The van der Waals surface area contributed by atoms with Crippen LogP contribution in [0.4, 0.5) is 0 Å². The van der Waals surface area contributed by atoms with Crippen molar-refractivity contribution >= 4 is 41.3 Å². The molecule has 1 aromatic carbocycles. The van der Waals surface area contributed by atoms with Crippen LogP contribution < -0.4 is 10.6 Å². The largest absolute Gasteiger partial charge is 0.444 e. The lowest BCUT2D eigenvalue weighted by Crippen LogP contribution is -2.38. The molecule has 0 radical (unpaired) electrons. The van der Waals surface area contributed by atoms with Gasteiger partial charge in [-0.2, -0.15) is 0 Å². The molecule has 0 bridgehead atoms. The zero-order chi connectivity index (χ0) is 20.6. The van der Waals surface area contributed by atoms with E-state index >= 15 is 0 Å². The Morgan fingerprint density at radius 3 is 2.50 bits per heavy atom. The summed E-state index contributed by atoms with van der Waals surface area (Å²) in [5, 5.41) is 7.80. The maximum atomic E-state index is 5.63. The number of thiazole rings is 1. The van der Waals surface area contributed by atoms with Gasteiger partial charge in [0.2, 0.25) is 5.89 Å². The molecule has 0 saturated carbocycles. The smallest absolute Gasteiger partial charge is 0.226 e. The first-order valence-corrected chi connectivity index (χ1v) is 10.8. The predicted octanol–water partition coefficient (Wildman–Crippen LogP) is 4.68. The first-order valence-electron chi connectivity index (χ1n) is 10.0. The van der Waals surface area contributed by atoms with Crippen LogP contribution in [0.2, 0.25) is 0 Å². The highest BCUT2D eigenvalue weighted by molar-refractivity contribution is 14.0. The molecule has 162 valence electrons. The molecule has 3 rings (SSSR count). The van der Waals surface area contributed by atoms with E-state index in [0.717, 1.165) is 53.8 Å². The standard InChI is InChI=1S/C22H29N5OS.HI/c1-5-23-22(25-13-11-20-26-16(3)17(4)29-20)24-12-10-19-14-28-21(27-19)18-8-6-15(2)7-9-18;/h6-9,14H,5,10-13H2,1-4H3,(H2,23,24,25);1H. The number of benzene rings is 1. The third-order valence-corrected chi connectivity index (χ3v) is 5.67. The van der Waals surface area contributed by atoms with Gasteiger partial charge in [-0.15, -0.1) is 35.3 Å². The van der Waals surface area contributed by atoms with Crippen molar-refractivity contribution in [2.75, 3.05) is 19.6 Å². The number of guanidine groups is 1. The van der Waals surface area contributed by atoms with E-state index in [-0.39, 0.29) is 24.0 Å². The van der Waals surface area contributed by atoms with E-state index in [4.69, 9.17) is 4.42 Å². The monoisotopic (exact) mass is 539 g/mol. The highest BCUT2D eigenvalue weighted by atomic mass is 127. The van der Waals surface area contributed by atoms with Crippen molar-refractivity contribution < 1.29 is 4.42 Å². The predicted molar refractivity (Wildman–Crippen MR) is 135 cm³/mol. The Balaban J connectivity index is 0.00000320. The molecule has 0 aliphatic carbocycles. The summed E-state index contributed by atoms with van der Waals surface area (Å²) in [7, 11) is 0. The highest BCUT2D eigenvalue weighted by Crippen LogP contribution is 2.19. The van der Waals surface area contributed by atoms with E-state index in [1.807, 2.05) is 12.1 Å². The summed E-state index contributed by atoms with van der Waals surface area (Å²) < 4.78 is 5.63. The molecule has 6 nitrogen and oxygen atoms in total. The quantitative estimate of drug-likeness (QED) is 0.247. The summed E-state index contributed by atoms with van der Waals surface area (Å²) in [6.07, 6.45) is 3.36. The van der Waals surface area contributed by atoms with Crippen LogP contribution in [0.25, 0.3) is 11.5 Å². The second-order valence-electron chi connectivity index (χ2n) is 6.95. The third kappa shape index (κ3) is 7.09. The van der Waals surface area contributed by atoms with Crippen LogP contribution in [0.1, 0.15) is 33.8 Å². The molecular weight excluding hydrogens is 509 g/mol. The molecule has 8 heteroatoms. The molecular formula is C22H30IN5OS. The topological polar surface area (TPSA) is 75.3 Å². The number of nitrogens with zero attached hydrogens (tertiary/aromatic N) is 3. The summed E-state index contributed by atoms with van der Waals surface area (Å²) in [6.45, 7) is 10.6. The molecule has 0 atom stereocenters. The van der Waals surface area contributed by atoms with Gasteiger partial charge < -0.3 is 15.1 Å². The molecule has 2 heterocycles. The fourth-order valence-corrected chi connectivity index (χ4v) is 3.73. The minimum atomic E-state index is 0. The van der Waals surface area contributed by atoms with Crippen molar-refractivity contribution in [3.63, 3.8) is 0 Å². The van der Waals surface area contributed by atoms with Gasteiger partial charge in [-0.1, -0.05) is 17.7 Å². The van der Waals surface area contributed by atoms with Gasteiger partial charge in [-0.25, -0.2) is 9.97 Å². The van der Waals surface area contributed by atoms with Gasteiger partial charge in [0.15, 0.2) is 5.96 Å². The first kappa shape index (κ1) is 24.3. The van der Waals surface area contributed by atoms with E-state index in [9.17, 15) is 0 Å². The Morgan fingerprint density at radius 2 is 1.83 bits per heavy atom. The van der Waals surface area contributed by atoms with Gasteiger partial charge in [-0.05, 0) is 39.8 Å². The molecule has 30 heavy (non-hydrogen) atoms. The maximum Gasteiger partial charge on any atom is 0.226 e. The number of aromatic nitrogens is 2. The molecule has 0 unspecified atom stereocenters. The van der Waals surface area contributed by atoms with Crippen LogP contribution in [-0.4, -0.2) is 35.6 Å². The van der Waals surface area contributed by atoms with E-state index < -0.39 is 0 Å². The van der Waals surface area contributed by atoms with Gasteiger partial charge in [0.05, 0.1) is 16.4 Å². The summed E-state index contributed by atoms with van der Waals surface area (Å²) in [5.74, 6) is 1.48. The Labute approximate surface area is 199 Å². The zero-order valence-corrected chi connectivity index (χ0v) is 21.1. The SMILES string of the molecule is CCNC(=NCCc1nc(C)c(C)s1)NCCc1coc(-c2ccc(C)cc2)n1.I. The Hall–Kier alpha value is -1.94. The summed E-state index contributed by atoms with van der Waals surface area (Å²) in [6, 6.07) is 8.19. The van der Waals surface area contributed by atoms with Crippen molar-refractivity contribution in [3.05, 3.63) is 57.4 Å². The van der Waals surface area contributed by atoms with E-state index in [1.54, 1.807) is 17.6 Å². The number of hydrogen-bond donors (Lipinski definition) is 2. The lowest BCUT2D eigenvalue weighted by atomic mass is 10.1. The van der Waals surface area contributed by atoms with E-state index in [2.05, 4.69) is 65.4 Å². The summed E-state index contributed by atoms with van der Waals surface area (Å²) in [5.41, 5.74) is 4.27. The number of aryl methyl sites for hydroxylation is 3. The number of hydrogen-bond acceptors (Lipinski definition) is 5. The van der Waals surface area contributed by atoms with Crippen molar-refractivity contribution in [1.29, 1.82) is 0 Å². The third-order valence-electron chi connectivity index (χ3n) is 4.54. The van der Waals surface area contributed by atoms with Crippen molar-refractivity contribution in [3.8, 4) is 11.5 Å². The van der Waals surface area contributed by atoms with Gasteiger partial charge in [0, 0.05) is 42.9 Å². The molecule has 0 aliphatic heterocycles. The minimum Gasteiger partial charge on any atom is -0.444 e. The normalized spacial score (nSPS) is 11.3. The summed E-state index contributed by atoms with van der Waals surface area (Å²) in [4.78, 5) is 15.1. The molecule has 0 amide bonds. The Bertz CT molecular complexity index is 929. The maximum absolute atomic E-state index is 5.63. The summed E-state index contributed by atoms with van der Waals surface area (Å²) >= 11 is 1.76. The average molecular weight is 539 g/mol. The number of aliphatic imine (C=N–C) groups is 1. The van der Waals surface area contributed by atoms with Crippen LogP contribution in [0.5, 0.6) is 0 Å². The molecule has 0 saturated heterocycles. The molecule has 3 aromatic rings. The second-order valence-corrected chi connectivity index (χ2v) is 8.23.